The monoisotopic (exact) mass is 441 g/mol. The van der Waals surface area contributed by atoms with Gasteiger partial charge in [0.1, 0.15) is 0 Å². The predicted octanol–water partition coefficient (Wildman–Crippen LogP) is 7.40. The number of nitrogens with zero attached hydrogens (tertiary/aromatic N) is 1. The molecule has 4 rings (SSSR count). The highest BCUT2D eigenvalue weighted by Crippen LogP contribution is 2.37. The van der Waals surface area contributed by atoms with Gasteiger partial charge in [-0.15, -0.1) is 0 Å². The molecule has 2 aromatic carbocycles. The van der Waals surface area contributed by atoms with Crippen LogP contribution in [0.2, 0.25) is 0 Å². The number of para-hydroxylation sites is 1. The quantitative estimate of drug-likeness (QED) is 0.433. The standard InChI is InChI=1S/C30H39N3/c1-19(2)27-20(3)11-8-14-24(27)29(33-30(5,6)7)26-16-10-15-25(32-26)23-13-9-12-22-18-17-21(4)31-28(22)23/h8-16,19,21,29,31,33H,17-18H2,1-7H3. The van der Waals surface area contributed by atoms with E-state index < -0.39 is 0 Å². The van der Waals surface area contributed by atoms with Crippen LogP contribution in [0.4, 0.5) is 5.69 Å². The lowest BCUT2D eigenvalue weighted by Crippen LogP contribution is -2.40. The maximum atomic E-state index is 5.26. The number of aromatic nitrogens is 1. The molecule has 0 saturated carbocycles. The number of hydrogen-bond donors (Lipinski definition) is 2. The zero-order chi connectivity index (χ0) is 23.8. The Balaban J connectivity index is 1.84. The zero-order valence-corrected chi connectivity index (χ0v) is 21.3. The lowest BCUT2D eigenvalue weighted by Gasteiger charge is -2.31. The largest absolute Gasteiger partial charge is 0.382 e. The van der Waals surface area contributed by atoms with Crippen LogP contribution in [-0.2, 0) is 6.42 Å². The molecule has 0 aliphatic carbocycles. The molecule has 33 heavy (non-hydrogen) atoms. The lowest BCUT2D eigenvalue weighted by atomic mass is 9.86. The number of anilines is 1. The lowest BCUT2D eigenvalue weighted by molar-refractivity contribution is 0.385. The number of benzene rings is 2. The van der Waals surface area contributed by atoms with Gasteiger partial charge in [-0.2, -0.15) is 0 Å². The second-order valence-corrected chi connectivity index (χ2v) is 10.9. The molecule has 0 spiro atoms. The molecule has 0 bridgehead atoms. The van der Waals surface area contributed by atoms with Gasteiger partial charge >= 0.3 is 0 Å². The first kappa shape index (κ1) is 23.5. The second kappa shape index (κ2) is 9.30. The summed E-state index contributed by atoms with van der Waals surface area (Å²) in [5.74, 6) is 0.445. The van der Waals surface area contributed by atoms with E-state index in [9.17, 15) is 0 Å². The van der Waals surface area contributed by atoms with Gasteiger partial charge in [0.05, 0.1) is 17.4 Å². The Labute approximate surface area is 200 Å². The topological polar surface area (TPSA) is 37.0 Å². The van der Waals surface area contributed by atoms with E-state index in [1.165, 1.54) is 39.9 Å². The molecular weight excluding hydrogens is 402 g/mol. The molecular formula is C30H39N3. The fourth-order valence-corrected chi connectivity index (χ4v) is 5.13. The van der Waals surface area contributed by atoms with Crippen molar-refractivity contribution >= 4 is 5.69 Å². The third-order valence-corrected chi connectivity index (χ3v) is 6.55. The van der Waals surface area contributed by atoms with E-state index in [-0.39, 0.29) is 11.6 Å². The van der Waals surface area contributed by atoms with Crippen LogP contribution in [0.3, 0.4) is 0 Å². The van der Waals surface area contributed by atoms with E-state index >= 15 is 0 Å². The first-order valence-corrected chi connectivity index (χ1v) is 12.4. The predicted molar refractivity (Wildman–Crippen MR) is 141 cm³/mol. The van der Waals surface area contributed by atoms with E-state index in [0.717, 1.165) is 17.8 Å². The first-order chi connectivity index (χ1) is 15.6. The molecule has 3 nitrogen and oxygen atoms in total. The fourth-order valence-electron chi connectivity index (χ4n) is 5.13. The highest BCUT2D eigenvalue weighted by molar-refractivity contribution is 5.79. The van der Waals surface area contributed by atoms with E-state index in [1.807, 2.05) is 0 Å². The van der Waals surface area contributed by atoms with Crippen LogP contribution in [0.15, 0.2) is 54.6 Å². The Hall–Kier alpha value is -2.65. The van der Waals surface area contributed by atoms with Crippen LogP contribution >= 0.6 is 0 Å². The van der Waals surface area contributed by atoms with Crippen molar-refractivity contribution in [2.45, 2.75) is 84.8 Å². The van der Waals surface area contributed by atoms with Crippen molar-refractivity contribution in [1.29, 1.82) is 0 Å². The molecule has 1 aromatic heterocycles. The van der Waals surface area contributed by atoms with Crippen molar-refractivity contribution in [2.75, 3.05) is 5.32 Å². The van der Waals surface area contributed by atoms with Crippen LogP contribution in [-0.4, -0.2) is 16.6 Å². The Bertz CT molecular complexity index is 1120. The molecule has 3 heteroatoms. The van der Waals surface area contributed by atoms with E-state index in [0.29, 0.717) is 12.0 Å². The van der Waals surface area contributed by atoms with Crippen LogP contribution in [0.25, 0.3) is 11.3 Å². The Morgan fingerprint density at radius 1 is 1.00 bits per heavy atom. The number of hydrogen-bond acceptors (Lipinski definition) is 3. The van der Waals surface area contributed by atoms with Gasteiger partial charge in [0.25, 0.3) is 0 Å². The molecule has 2 atom stereocenters. The smallest absolute Gasteiger partial charge is 0.0758 e. The normalized spacial score (nSPS) is 16.9. The van der Waals surface area contributed by atoms with Crippen molar-refractivity contribution in [2.24, 2.45) is 0 Å². The highest BCUT2D eigenvalue weighted by atomic mass is 15.0. The molecule has 0 fully saturated rings. The zero-order valence-electron chi connectivity index (χ0n) is 21.3. The van der Waals surface area contributed by atoms with Crippen molar-refractivity contribution in [3.05, 3.63) is 82.5 Å². The second-order valence-electron chi connectivity index (χ2n) is 10.9. The van der Waals surface area contributed by atoms with Crippen LogP contribution < -0.4 is 10.6 Å². The summed E-state index contributed by atoms with van der Waals surface area (Å²) in [6.07, 6.45) is 2.29. The van der Waals surface area contributed by atoms with Gasteiger partial charge < -0.3 is 10.6 Å². The maximum Gasteiger partial charge on any atom is 0.0758 e. The summed E-state index contributed by atoms with van der Waals surface area (Å²) in [6.45, 7) is 15.7. The van der Waals surface area contributed by atoms with E-state index in [2.05, 4.69) is 114 Å². The van der Waals surface area contributed by atoms with Crippen molar-refractivity contribution < 1.29 is 0 Å². The Morgan fingerprint density at radius 3 is 2.45 bits per heavy atom. The molecule has 1 aliphatic rings. The molecule has 174 valence electrons. The minimum Gasteiger partial charge on any atom is -0.382 e. The van der Waals surface area contributed by atoms with Gasteiger partial charge in [-0.1, -0.05) is 56.3 Å². The molecule has 0 amide bonds. The van der Waals surface area contributed by atoms with Crippen LogP contribution in [0.5, 0.6) is 0 Å². The summed E-state index contributed by atoms with van der Waals surface area (Å²) in [4.78, 5) is 5.26. The number of aryl methyl sites for hydroxylation is 2. The molecule has 1 aliphatic heterocycles. The molecule has 2 heterocycles. The third-order valence-electron chi connectivity index (χ3n) is 6.55. The van der Waals surface area contributed by atoms with Gasteiger partial charge in [-0.25, -0.2) is 0 Å². The van der Waals surface area contributed by atoms with Crippen molar-refractivity contribution in [1.82, 2.24) is 10.3 Å². The van der Waals surface area contributed by atoms with Crippen LogP contribution in [0.1, 0.15) is 87.9 Å². The SMILES string of the molecule is Cc1cccc(C(NC(C)(C)C)c2cccc(-c3cccc4c3NC(C)CC4)n2)c1C(C)C. The van der Waals surface area contributed by atoms with Crippen molar-refractivity contribution in [3.8, 4) is 11.3 Å². The summed E-state index contributed by atoms with van der Waals surface area (Å²) < 4.78 is 0. The summed E-state index contributed by atoms with van der Waals surface area (Å²) in [5.41, 5.74) is 9.97. The van der Waals surface area contributed by atoms with Gasteiger partial charge in [0.15, 0.2) is 0 Å². The van der Waals surface area contributed by atoms with E-state index in [4.69, 9.17) is 4.98 Å². The van der Waals surface area contributed by atoms with Gasteiger partial charge in [0.2, 0.25) is 0 Å². The summed E-state index contributed by atoms with van der Waals surface area (Å²) >= 11 is 0. The molecule has 0 radical (unpaired) electrons. The van der Waals surface area contributed by atoms with E-state index in [1.54, 1.807) is 0 Å². The fraction of sp³-hybridized carbons (Fsp3) is 0.433. The highest BCUT2D eigenvalue weighted by Gasteiger charge is 2.26. The molecule has 2 unspecified atom stereocenters. The number of rotatable bonds is 5. The van der Waals surface area contributed by atoms with Gasteiger partial charge in [-0.05, 0) is 87.8 Å². The first-order valence-electron chi connectivity index (χ1n) is 12.4. The van der Waals surface area contributed by atoms with Gasteiger partial charge in [-0.3, -0.25) is 4.98 Å². The minimum atomic E-state index is -0.0523. The Kier molecular flexibility index (Phi) is 6.63. The minimum absolute atomic E-state index is 0.0219. The average Bonchev–Trinajstić information content (AvgIpc) is 2.76. The van der Waals surface area contributed by atoms with Gasteiger partial charge in [0, 0.05) is 22.8 Å². The summed E-state index contributed by atoms with van der Waals surface area (Å²) in [6, 6.07) is 20.3. The average molecular weight is 442 g/mol. The van der Waals surface area contributed by atoms with Crippen molar-refractivity contribution in [3.63, 3.8) is 0 Å². The number of nitrogens with one attached hydrogen (secondary N) is 2. The summed E-state index contributed by atoms with van der Waals surface area (Å²) in [5, 5.41) is 7.60. The molecule has 2 N–H and O–H groups in total. The summed E-state index contributed by atoms with van der Waals surface area (Å²) in [7, 11) is 0. The Morgan fingerprint density at radius 2 is 1.73 bits per heavy atom. The molecule has 3 aromatic rings. The van der Waals surface area contributed by atoms with Crippen LogP contribution in [0, 0.1) is 6.92 Å². The molecule has 0 saturated heterocycles. The maximum absolute atomic E-state index is 5.26. The number of fused-ring (bicyclic) bond motifs is 1. The third kappa shape index (κ3) is 5.14. The number of pyridine rings is 1.